The van der Waals surface area contributed by atoms with E-state index in [-0.39, 0.29) is 0 Å². The smallest absolute Gasteiger partial charge is 0.162 e. The molecule has 0 saturated heterocycles. The van der Waals surface area contributed by atoms with E-state index < -0.39 is 0 Å². The van der Waals surface area contributed by atoms with Gasteiger partial charge in [0.25, 0.3) is 0 Å². The van der Waals surface area contributed by atoms with E-state index in [1.807, 2.05) is 73.7 Å². The first-order valence-electron chi connectivity index (χ1n) is 9.18. The summed E-state index contributed by atoms with van der Waals surface area (Å²) in [5.74, 6) is 2.13. The molecule has 2 N–H and O–H groups in total. The fourth-order valence-corrected chi connectivity index (χ4v) is 3.13. The number of hydrazone groups is 1. The van der Waals surface area contributed by atoms with Gasteiger partial charge in [-0.05, 0) is 48.9 Å². The van der Waals surface area contributed by atoms with Crippen molar-refractivity contribution >= 4 is 34.8 Å². The molecule has 144 valence electrons. The van der Waals surface area contributed by atoms with E-state index >= 15 is 0 Å². The predicted octanol–water partition coefficient (Wildman–Crippen LogP) is 5.38. The molecule has 0 aliphatic rings. The van der Waals surface area contributed by atoms with Crippen molar-refractivity contribution in [2.45, 2.75) is 6.92 Å². The van der Waals surface area contributed by atoms with Gasteiger partial charge in [-0.3, -0.25) is 5.43 Å². The average Bonchev–Trinajstić information content (AvgIpc) is 2.76. The number of rotatable bonds is 6. The number of benzene rings is 3. The summed E-state index contributed by atoms with van der Waals surface area (Å²) in [6.45, 7) is 5.48. The van der Waals surface area contributed by atoms with Gasteiger partial charge < -0.3 is 10.1 Å². The Morgan fingerprint density at radius 2 is 1.79 bits per heavy atom. The van der Waals surface area contributed by atoms with Crippen molar-refractivity contribution in [2.75, 3.05) is 17.9 Å². The van der Waals surface area contributed by atoms with Crippen LogP contribution in [0.3, 0.4) is 0 Å². The highest BCUT2D eigenvalue weighted by atomic mass is 16.5. The molecule has 0 atom stereocenters. The van der Waals surface area contributed by atoms with Gasteiger partial charge >= 0.3 is 0 Å². The van der Waals surface area contributed by atoms with Crippen LogP contribution in [0.4, 0.5) is 17.2 Å². The quantitative estimate of drug-likeness (QED) is 0.345. The van der Waals surface area contributed by atoms with Crippen LogP contribution >= 0.6 is 0 Å². The first-order chi connectivity index (χ1) is 14.2. The monoisotopic (exact) mass is 383 g/mol. The van der Waals surface area contributed by atoms with Gasteiger partial charge in [0.2, 0.25) is 0 Å². The normalized spacial score (nSPS) is 10.6. The Kier molecular flexibility index (Phi) is 5.07. The van der Waals surface area contributed by atoms with Crippen LogP contribution in [0.2, 0.25) is 0 Å². The maximum Gasteiger partial charge on any atom is 0.162 e. The minimum atomic E-state index is 0.664. The third kappa shape index (κ3) is 3.87. The zero-order valence-corrected chi connectivity index (χ0v) is 16.3. The highest BCUT2D eigenvalue weighted by Crippen LogP contribution is 2.31. The molecular weight excluding hydrogens is 362 g/mol. The van der Waals surface area contributed by atoms with Crippen molar-refractivity contribution in [3.8, 4) is 17.1 Å². The Hall–Kier alpha value is -3.93. The molecule has 6 nitrogen and oxygen atoms in total. The van der Waals surface area contributed by atoms with Gasteiger partial charge in [-0.15, -0.1) is 0 Å². The van der Waals surface area contributed by atoms with Crippen LogP contribution in [-0.2, 0) is 0 Å². The maximum absolute atomic E-state index is 5.40. The third-order valence-corrected chi connectivity index (χ3v) is 4.62. The molecule has 0 amide bonds. The van der Waals surface area contributed by atoms with E-state index in [4.69, 9.17) is 14.7 Å². The summed E-state index contributed by atoms with van der Waals surface area (Å²) in [5, 5.41) is 8.05. The Balaban J connectivity index is 1.82. The average molecular weight is 383 g/mol. The van der Waals surface area contributed by atoms with Crippen LogP contribution in [-0.4, -0.2) is 23.8 Å². The summed E-state index contributed by atoms with van der Waals surface area (Å²) in [4.78, 5) is 9.55. The zero-order chi connectivity index (χ0) is 20.2. The summed E-state index contributed by atoms with van der Waals surface area (Å²) in [6, 6.07) is 21.7. The number of aromatic nitrogens is 2. The summed E-state index contributed by atoms with van der Waals surface area (Å²) >= 11 is 0. The van der Waals surface area contributed by atoms with Crippen LogP contribution in [0.5, 0.6) is 5.75 Å². The van der Waals surface area contributed by atoms with Crippen molar-refractivity contribution in [3.05, 3.63) is 72.3 Å². The Bertz CT molecular complexity index is 1170. The Labute approximate surface area is 169 Å². The molecule has 0 radical (unpaired) electrons. The number of ether oxygens (including phenoxy) is 1. The fourth-order valence-electron chi connectivity index (χ4n) is 3.13. The minimum Gasteiger partial charge on any atom is -0.497 e. The van der Waals surface area contributed by atoms with Gasteiger partial charge in [-0.1, -0.05) is 30.3 Å². The molecule has 1 heterocycles. The number of anilines is 3. The molecular formula is C23H21N5O. The first-order valence-corrected chi connectivity index (χ1v) is 9.18. The SMILES string of the molecule is C=NNc1ccc(Nc2nc(-c3ccccc3)nc3ccc(OC)cc23)cc1C. The summed E-state index contributed by atoms with van der Waals surface area (Å²) in [6.07, 6.45) is 0. The molecule has 4 rings (SSSR count). The van der Waals surface area contributed by atoms with Crippen molar-refractivity contribution in [2.24, 2.45) is 5.10 Å². The summed E-state index contributed by atoms with van der Waals surface area (Å²) in [5.41, 5.74) is 7.55. The summed E-state index contributed by atoms with van der Waals surface area (Å²) in [7, 11) is 1.65. The van der Waals surface area contributed by atoms with Crippen molar-refractivity contribution < 1.29 is 4.74 Å². The molecule has 29 heavy (non-hydrogen) atoms. The van der Waals surface area contributed by atoms with E-state index in [0.717, 1.165) is 45.0 Å². The Morgan fingerprint density at radius 1 is 0.966 bits per heavy atom. The molecule has 0 saturated carbocycles. The molecule has 3 aromatic carbocycles. The van der Waals surface area contributed by atoms with Gasteiger partial charge in [0, 0.05) is 23.4 Å². The number of hydrogen-bond acceptors (Lipinski definition) is 6. The van der Waals surface area contributed by atoms with E-state index in [1.54, 1.807) is 7.11 Å². The lowest BCUT2D eigenvalue weighted by atomic mass is 10.1. The highest BCUT2D eigenvalue weighted by molar-refractivity contribution is 5.93. The van der Waals surface area contributed by atoms with Crippen molar-refractivity contribution in [1.29, 1.82) is 0 Å². The minimum absolute atomic E-state index is 0.664. The molecule has 0 bridgehead atoms. The number of methoxy groups -OCH3 is 1. The molecule has 1 aromatic heterocycles. The topological polar surface area (TPSA) is 71.4 Å². The molecule has 0 aliphatic heterocycles. The van der Waals surface area contributed by atoms with Crippen molar-refractivity contribution in [3.63, 3.8) is 0 Å². The van der Waals surface area contributed by atoms with Crippen LogP contribution < -0.4 is 15.5 Å². The van der Waals surface area contributed by atoms with Gasteiger partial charge in [0.1, 0.15) is 11.6 Å². The van der Waals surface area contributed by atoms with Gasteiger partial charge in [-0.2, -0.15) is 5.10 Å². The van der Waals surface area contributed by atoms with Gasteiger partial charge in [0.05, 0.1) is 18.3 Å². The lowest BCUT2D eigenvalue weighted by Crippen LogP contribution is -2.00. The maximum atomic E-state index is 5.40. The lowest BCUT2D eigenvalue weighted by molar-refractivity contribution is 0.415. The van der Waals surface area contributed by atoms with E-state index in [0.29, 0.717) is 5.82 Å². The molecule has 0 fully saturated rings. The second kappa shape index (κ2) is 7.98. The number of fused-ring (bicyclic) bond motifs is 1. The number of hydrogen-bond donors (Lipinski definition) is 2. The van der Waals surface area contributed by atoms with E-state index in [1.165, 1.54) is 0 Å². The van der Waals surface area contributed by atoms with Gasteiger partial charge in [0.15, 0.2) is 5.82 Å². The van der Waals surface area contributed by atoms with E-state index in [9.17, 15) is 0 Å². The second-order valence-corrected chi connectivity index (χ2v) is 6.57. The van der Waals surface area contributed by atoms with Crippen LogP contribution in [0.1, 0.15) is 5.56 Å². The lowest BCUT2D eigenvalue weighted by Gasteiger charge is -2.13. The molecule has 6 heteroatoms. The second-order valence-electron chi connectivity index (χ2n) is 6.57. The number of nitrogens with zero attached hydrogens (tertiary/aromatic N) is 3. The molecule has 0 spiro atoms. The standard InChI is InChI=1S/C23H21N5O/c1-15-13-17(9-11-20(15)28-24-2)25-23-19-14-18(29-3)10-12-21(19)26-22(27-23)16-7-5-4-6-8-16/h4-14,28H,2H2,1,3H3,(H,25,26,27). The first kappa shape index (κ1) is 18.4. The predicted molar refractivity (Wildman–Crippen MR) is 119 cm³/mol. The van der Waals surface area contributed by atoms with Crippen LogP contribution in [0.25, 0.3) is 22.3 Å². The zero-order valence-electron chi connectivity index (χ0n) is 16.3. The highest BCUT2D eigenvalue weighted by Gasteiger charge is 2.11. The number of nitrogens with one attached hydrogen (secondary N) is 2. The van der Waals surface area contributed by atoms with Crippen LogP contribution in [0, 0.1) is 6.92 Å². The molecule has 0 aliphatic carbocycles. The van der Waals surface area contributed by atoms with E-state index in [2.05, 4.69) is 22.6 Å². The van der Waals surface area contributed by atoms with Crippen molar-refractivity contribution in [1.82, 2.24) is 9.97 Å². The largest absolute Gasteiger partial charge is 0.497 e. The Morgan fingerprint density at radius 3 is 2.52 bits per heavy atom. The molecule has 0 unspecified atom stereocenters. The summed E-state index contributed by atoms with van der Waals surface area (Å²) < 4.78 is 5.40. The third-order valence-electron chi connectivity index (χ3n) is 4.62. The number of aryl methyl sites for hydroxylation is 1. The fraction of sp³-hybridized carbons (Fsp3) is 0.0870. The molecule has 4 aromatic rings. The van der Waals surface area contributed by atoms with Gasteiger partial charge in [-0.25, -0.2) is 9.97 Å². The van der Waals surface area contributed by atoms with Crippen LogP contribution in [0.15, 0.2) is 71.8 Å².